The van der Waals surface area contributed by atoms with Gasteiger partial charge in [0.25, 0.3) is 5.89 Å². The van der Waals surface area contributed by atoms with E-state index in [2.05, 4.69) is 26.1 Å². The van der Waals surface area contributed by atoms with Gasteiger partial charge in [-0.1, -0.05) is 33.2 Å². The normalized spacial score (nSPS) is 10.7. The SMILES string of the molecule is NCc1cccc(-c2nc(-c3ccc(Br)cc3)no2)c1. The van der Waals surface area contributed by atoms with Gasteiger partial charge in [-0.25, -0.2) is 0 Å². The quantitative estimate of drug-likeness (QED) is 0.796. The van der Waals surface area contributed by atoms with Crippen LogP contribution in [0.2, 0.25) is 0 Å². The summed E-state index contributed by atoms with van der Waals surface area (Å²) in [5, 5.41) is 4.02. The van der Waals surface area contributed by atoms with Crippen molar-refractivity contribution in [2.75, 3.05) is 0 Å². The molecule has 0 unspecified atom stereocenters. The second-order valence-corrected chi connectivity index (χ2v) is 5.25. The minimum absolute atomic E-state index is 0.488. The molecule has 0 radical (unpaired) electrons. The zero-order valence-electron chi connectivity index (χ0n) is 10.6. The van der Waals surface area contributed by atoms with Crippen LogP contribution in [0.3, 0.4) is 0 Å². The zero-order valence-corrected chi connectivity index (χ0v) is 12.2. The van der Waals surface area contributed by atoms with Crippen molar-refractivity contribution < 1.29 is 4.52 Å². The van der Waals surface area contributed by atoms with Crippen molar-refractivity contribution in [1.29, 1.82) is 0 Å². The molecule has 20 heavy (non-hydrogen) atoms. The first-order valence-corrected chi connectivity index (χ1v) is 6.94. The highest BCUT2D eigenvalue weighted by atomic mass is 79.9. The molecule has 0 aliphatic carbocycles. The van der Waals surface area contributed by atoms with E-state index >= 15 is 0 Å². The Bertz CT molecular complexity index is 722. The molecule has 0 saturated heterocycles. The maximum absolute atomic E-state index is 5.64. The summed E-state index contributed by atoms with van der Waals surface area (Å²) in [6.45, 7) is 0.488. The Kier molecular flexibility index (Phi) is 3.62. The first kappa shape index (κ1) is 13.0. The third-order valence-corrected chi connectivity index (χ3v) is 3.47. The molecule has 0 aliphatic rings. The second kappa shape index (κ2) is 5.56. The summed E-state index contributed by atoms with van der Waals surface area (Å²) in [5.41, 5.74) is 8.46. The highest BCUT2D eigenvalue weighted by Gasteiger charge is 2.10. The van der Waals surface area contributed by atoms with E-state index < -0.39 is 0 Å². The highest BCUT2D eigenvalue weighted by Crippen LogP contribution is 2.23. The first-order valence-electron chi connectivity index (χ1n) is 6.15. The van der Waals surface area contributed by atoms with E-state index in [0.29, 0.717) is 18.3 Å². The van der Waals surface area contributed by atoms with Gasteiger partial charge in [0.1, 0.15) is 0 Å². The molecular weight excluding hydrogens is 318 g/mol. The molecule has 100 valence electrons. The number of hydrogen-bond acceptors (Lipinski definition) is 4. The molecule has 4 nitrogen and oxygen atoms in total. The summed E-state index contributed by atoms with van der Waals surface area (Å²) in [7, 11) is 0. The molecule has 5 heteroatoms. The van der Waals surface area contributed by atoms with E-state index in [1.54, 1.807) is 0 Å². The lowest BCUT2D eigenvalue weighted by Crippen LogP contribution is -1.95. The summed E-state index contributed by atoms with van der Waals surface area (Å²) < 4.78 is 6.34. The van der Waals surface area contributed by atoms with Crippen LogP contribution in [-0.4, -0.2) is 10.1 Å². The molecule has 0 fully saturated rings. The van der Waals surface area contributed by atoms with Gasteiger partial charge in [0, 0.05) is 22.1 Å². The smallest absolute Gasteiger partial charge is 0.258 e. The van der Waals surface area contributed by atoms with Crippen molar-refractivity contribution in [3.05, 3.63) is 58.6 Å². The average Bonchev–Trinajstić information content (AvgIpc) is 2.98. The number of nitrogens with two attached hydrogens (primary N) is 1. The fourth-order valence-corrected chi connectivity index (χ4v) is 2.15. The van der Waals surface area contributed by atoms with E-state index in [-0.39, 0.29) is 0 Å². The number of benzene rings is 2. The van der Waals surface area contributed by atoms with Gasteiger partial charge >= 0.3 is 0 Å². The van der Waals surface area contributed by atoms with Gasteiger partial charge in [-0.2, -0.15) is 4.98 Å². The Balaban J connectivity index is 1.95. The topological polar surface area (TPSA) is 64.9 Å². The van der Waals surface area contributed by atoms with Crippen LogP contribution in [0, 0.1) is 0 Å². The Morgan fingerprint density at radius 2 is 1.85 bits per heavy atom. The van der Waals surface area contributed by atoms with Crippen LogP contribution in [0.25, 0.3) is 22.8 Å². The number of aromatic nitrogens is 2. The fourth-order valence-electron chi connectivity index (χ4n) is 1.89. The number of hydrogen-bond donors (Lipinski definition) is 1. The Labute approximate surface area is 124 Å². The Morgan fingerprint density at radius 1 is 1.05 bits per heavy atom. The lowest BCUT2D eigenvalue weighted by atomic mass is 10.1. The molecule has 0 spiro atoms. The van der Waals surface area contributed by atoms with Crippen LogP contribution >= 0.6 is 15.9 Å². The minimum atomic E-state index is 0.488. The van der Waals surface area contributed by atoms with Crippen LogP contribution in [0.4, 0.5) is 0 Å². The van der Waals surface area contributed by atoms with Gasteiger partial charge in [-0.3, -0.25) is 0 Å². The number of halogens is 1. The van der Waals surface area contributed by atoms with Gasteiger partial charge in [0.15, 0.2) is 0 Å². The Hall–Kier alpha value is -1.98. The first-order chi connectivity index (χ1) is 9.76. The molecule has 0 atom stereocenters. The lowest BCUT2D eigenvalue weighted by Gasteiger charge is -1.98. The van der Waals surface area contributed by atoms with Crippen molar-refractivity contribution in [3.8, 4) is 22.8 Å². The fraction of sp³-hybridized carbons (Fsp3) is 0.0667. The Morgan fingerprint density at radius 3 is 2.60 bits per heavy atom. The predicted molar refractivity (Wildman–Crippen MR) is 80.8 cm³/mol. The maximum atomic E-state index is 5.64. The summed E-state index contributed by atoms with van der Waals surface area (Å²) in [6, 6.07) is 15.6. The highest BCUT2D eigenvalue weighted by molar-refractivity contribution is 9.10. The molecule has 3 aromatic rings. The van der Waals surface area contributed by atoms with E-state index in [9.17, 15) is 0 Å². The van der Waals surface area contributed by atoms with Crippen LogP contribution in [0.5, 0.6) is 0 Å². The number of rotatable bonds is 3. The molecule has 2 N–H and O–H groups in total. The van der Waals surface area contributed by atoms with Crippen LogP contribution in [0.15, 0.2) is 57.5 Å². The predicted octanol–water partition coefficient (Wildman–Crippen LogP) is 3.62. The largest absolute Gasteiger partial charge is 0.334 e. The van der Waals surface area contributed by atoms with Crippen LogP contribution < -0.4 is 5.73 Å². The monoisotopic (exact) mass is 329 g/mol. The molecule has 1 heterocycles. The molecule has 3 rings (SSSR count). The van der Waals surface area contributed by atoms with Gasteiger partial charge < -0.3 is 10.3 Å². The molecule has 0 saturated carbocycles. The molecule has 0 aliphatic heterocycles. The minimum Gasteiger partial charge on any atom is -0.334 e. The van der Waals surface area contributed by atoms with E-state index in [1.807, 2.05) is 48.5 Å². The third-order valence-electron chi connectivity index (χ3n) is 2.94. The van der Waals surface area contributed by atoms with Gasteiger partial charge in [-0.15, -0.1) is 0 Å². The van der Waals surface area contributed by atoms with Crippen LogP contribution in [-0.2, 0) is 6.54 Å². The lowest BCUT2D eigenvalue weighted by molar-refractivity contribution is 0.432. The van der Waals surface area contributed by atoms with Crippen molar-refractivity contribution in [2.24, 2.45) is 5.73 Å². The van der Waals surface area contributed by atoms with E-state index in [4.69, 9.17) is 10.3 Å². The number of nitrogens with zero attached hydrogens (tertiary/aromatic N) is 2. The molecule has 2 aromatic carbocycles. The van der Waals surface area contributed by atoms with Crippen molar-refractivity contribution in [1.82, 2.24) is 10.1 Å². The van der Waals surface area contributed by atoms with Gasteiger partial charge in [0.2, 0.25) is 5.82 Å². The van der Waals surface area contributed by atoms with Crippen molar-refractivity contribution in [2.45, 2.75) is 6.54 Å². The maximum Gasteiger partial charge on any atom is 0.258 e. The van der Waals surface area contributed by atoms with E-state index in [0.717, 1.165) is 21.2 Å². The zero-order chi connectivity index (χ0) is 13.9. The molecule has 0 amide bonds. The summed E-state index contributed by atoms with van der Waals surface area (Å²) in [5.74, 6) is 1.07. The summed E-state index contributed by atoms with van der Waals surface area (Å²) in [4.78, 5) is 4.42. The summed E-state index contributed by atoms with van der Waals surface area (Å²) >= 11 is 3.40. The molecule has 0 bridgehead atoms. The molecule has 1 aromatic heterocycles. The molecular formula is C15H12BrN3O. The standard InChI is InChI=1S/C15H12BrN3O/c16-13-6-4-11(5-7-13)14-18-15(20-19-14)12-3-1-2-10(8-12)9-17/h1-8H,9,17H2. The summed E-state index contributed by atoms with van der Waals surface area (Å²) in [6.07, 6.45) is 0. The van der Waals surface area contributed by atoms with Crippen molar-refractivity contribution in [3.63, 3.8) is 0 Å². The van der Waals surface area contributed by atoms with Crippen molar-refractivity contribution >= 4 is 15.9 Å². The van der Waals surface area contributed by atoms with Gasteiger partial charge in [0.05, 0.1) is 0 Å². The van der Waals surface area contributed by atoms with E-state index in [1.165, 1.54) is 0 Å². The van der Waals surface area contributed by atoms with Gasteiger partial charge in [-0.05, 0) is 42.0 Å². The second-order valence-electron chi connectivity index (χ2n) is 4.33. The third kappa shape index (κ3) is 2.64. The van der Waals surface area contributed by atoms with Crippen LogP contribution in [0.1, 0.15) is 5.56 Å². The average molecular weight is 330 g/mol.